The van der Waals surface area contributed by atoms with Crippen LogP contribution in [0.4, 0.5) is 5.69 Å². The van der Waals surface area contributed by atoms with Crippen LogP contribution in [0.15, 0.2) is 18.2 Å². The van der Waals surface area contributed by atoms with E-state index in [1.807, 2.05) is 24.0 Å². The number of nitrogens with two attached hydrogens (primary N) is 1. The predicted octanol–water partition coefficient (Wildman–Crippen LogP) is 1.35. The molecule has 1 aliphatic heterocycles. The van der Waals surface area contributed by atoms with Gasteiger partial charge < -0.3 is 15.5 Å². The number of rotatable bonds is 1. The normalized spacial score (nSPS) is 17.6. The molecule has 0 spiro atoms. The van der Waals surface area contributed by atoms with Crippen molar-refractivity contribution in [3.63, 3.8) is 0 Å². The summed E-state index contributed by atoms with van der Waals surface area (Å²) in [6.07, 6.45) is 1.03. The Morgan fingerprint density at radius 3 is 2.78 bits per heavy atom. The molecule has 1 fully saturated rings. The van der Waals surface area contributed by atoms with Crippen LogP contribution in [0.3, 0.4) is 0 Å². The molecule has 0 atom stereocenters. The van der Waals surface area contributed by atoms with Crippen molar-refractivity contribution < 1.29 is 4.79 Å². The number of nitrogen functional groups attached to an aromatic ring is 1. The molecule has 18 heavy (non-hydrogen) atoms. The van der Waals surface area contributed by atoms with Crippen LogP contribution in [0.1, 0.15) is 22.3 Å². The Bertz CT molecular complexity index is 445. The third kappa shape index (κ3) is 2.82. The van der Waals surface area contributed by atoms with Gasteiger partial charge in [-0.05, 0) is 44.6 Å². The summed E-state index contributed by atoms with van der Waals surface area (Å²) < 4.78 is 0. The minimum absolute atomic E-state index is 0.107. The third-order valence-corrected chi connectivity index (χ3v) is 3.50. The fraction of sp³-hybridized carbons (Fsp3) is 0.500. The topological polar surface area (TPSA) is 49.6 Å². The molecule has 0 radical (unpaired) electrons. The molecule has 0 saturated carbocycles. The molecule has 1 amide bonds. The lowest BCUT2D eigenvalue weighted by molar-refractivity contribution is 0.0762. The van der Waals surface area contributed by atoms with Gasteiger partial charge >= 0.3 is 0 Å². The summed E-state index contributed by atoms with van der Waals surface area (Å²) in [5.41, 5.74) is 8.15. The summed E-state index contributed by atoms with van der Waals surface area (Å²) >= 11 is 0. The maximum absolute atomic E-state index is 12.5. The first kappa shape index (κ1) is 12.9. The van der Waals surface area contributed by atoms with E-state index in [1.54, 1.807) is 6.07 Å². The van der Waals surface area contributed by atoms with Gasteiger partial charge in [0.05, 0.1) is 0 Å². The molecule has 0 aliphatic carbocycles. The van der Waals surface area contributed by atoms with E-state index in [0.29, 0.717) is 5.69 Å². The highest BCUT2D eigenvalue weighted by Gasteiger charge is 2.20. The van der Waals surface area contributed by atoms with E-state index < -0.39 is 0 Å². The molecule has 4 heteroatoms. The highest BCUT2D eigenvalue weighted by Crippen LogP contribution is 2.16. The van der Waals surface area contributed by atoms with Crippen molar-refractivity contribution in [2.24, 2.45) is 0 Å². The van der Waals surface area contributed by atoms with Gasteiger partial charge in [0, 0.05) is 30.9 Å². The van der Waals surface area contributed by atoms with Crippen molar-refractivity contribution in [2.45, 2.75) is 13.3 Å². The molecule has 0 bridgehead atoms. The zero-order chi connectivity index (χ0) is 13.1. The first-order chi connectivity index (χ1) is 8.58. The van der Waals surface area contributed by atoms with Gasteiger partial charge in [0.2, 0.25) is 0 Å². The number of benzene rings is 1. The number of hydrogen-bond donors (Lipinski definition) is 1. The van der Waals surface area contributed by atoms with Crippen molar-refractivity contribution in [3.8, 4) is 0 Å². The van der Waals surface area contributed by atoms with E-state index in [1.165, 1.54) is 0 Å². The Morgan fingerprint density at radius 1 is 1.22 bits per heavy atom. The zero-order valence-electron chi connectivity index (χ0n) is 11.1. The highest BCUT2D eigenvalue weighted by atomic mass is 16.2. The standard InChI is InChI=1S/C14H21N3O/c1-11-4-5-12(15)10-13(11)14(18)17-7-3-6-16(2)8-9-17/h4-5,10H,3,6-9,15H2,1-2H3. The minimum atomic E-state index is 0.107. The van der Waals surface area contributed by atoms with Crippen molar-refractivity contribution in [2.75, 3.05) is 39.0 Å². The maximum Gasteiger partial charge on any atom is 0.254 e. The molecule has 98 valence electrons. The quantitative estimate of drug-likeness (QED) is 0.762. The average molecular weight is 247 g/mol. The van der Waals surface area contributed by atoms with Gasteiger partial charge in [0.1, 0.15) is 0 Å². The number of carbonyl (C=O) groups excluding carboxylic acids is 1. The van der Waals surface area contributed by atoms with E-state index in [-0.39, 0.29) is 5.91 Å². The Labute approximate surface area is 108 Å². The molecule has 1 aromatic rings. The lowest BCUT2D eigenvalue weighted by Gasteiger charge is -2.21. The molecule has 0 aromatic heterocycles. The molecule has 1 aromatic carbocycles. The molecule has 2 rings (SSSR count). The molecular formula is C14H21N3O. The molecule has 2 N–H and O–H groups in total. The largest absolute Gasteiger partial charge is 0.399 e. The fourth-order valence-corrected chi connectivity index (χ4v) is 2.29. The van der Waals surface area contributed by atoms with Gasteiger partial charge in [-0.25, -0.2) is 0 Å². The molecule has 0 unspecified atom stereocenters. The second kappa shape index (κ2) is 5.40. The van der Waals surface area contributed by atoms with Gasteiger partial charge in [-0.15, -0.1) is 0 Å². The number of nitrogens with zero attached hydrogens (tertiary/aromatic N) is 2. The summed E-state index contributed by atoms with van der Waals surface area (Å²) in [7, 11) is 2.10. The lowest BCUT2D eigenvalue weighted by Crippen LogP contribution is -2.34. The second-order valence-electron chi connectivity index (χ2n) is 5.02. The van der Waals surface area contributed by atoms with Crippen LogP contribution in [0, 0.1) is 6.92 Å². The van der Waals surface area contributed by atoms with Crippen LogP contribution in [0.25, 0.3) is 0 Å². The molecular weight excluding hydrogens is 226 g/mol. The fourth-order valence-electron chi connectivity index (χ4n) is 2.29. The summed E-state index contributed by atoms with van der Waals surface area (Å²) in [6, 6.07) is 5.53. The Morgan fingerprint density at radius 2 is 2.00 bits per heavy atom. The van der Waals surface area contributed by atoms with Crippen molar-refractivity contribution >= 4 is 11.6 Å². The number of aryl methyl sites for hydroxylation is 1. The lowest BCUT2D eigenvalue weighted by atomic mass is 10.1. The SMILES string of the molecule is Cc1ccc(N)cc1C(=O)N1CCCN(C)CC1. The maximum atomic E-state index is 12.5. The Balaban J connectivity index is 2.17. The summed E-state index contributed by atoms with van der Waals surface area (Å²) in [5, 5.41) is 0. The van der Waals surface area contributed by atoms with E-state index in [4.69, 9.17) is 5.73 Å². The highest BCUT2D eigenvalue weighted by molar-refractivity contribution is 5.96. The van der Waals surface area contributed by atoms with E-state index >= 15 is 0 Å². The number of hydrogen-bond acceptors (Lipinski definition) is 3. The van der Waals surface area contributed by atoms with Gasteiger partial charge in [0.15, 0.2) is 0 Å². The molecule has 1 saturated heterocycles. The van der Waals surface area contributed by atoms with Gasteiger partial charge in [0.25, 0.3) is 5.91 Å². The van der Waals surface area contributed by atoms with Crippen LogP contribution >= 0.6 is 0 Å². The summed E-state index contributed by atoms with van der Waals surface area (Å²) in [4.78, 5) is 16.7. The van der Waals surface area contributed by atoms with Crippen LogP contribution in [0.5, 0.6) is 0 Å². The predicted molar refractivity (Wildman–Crippen MR) is 73.6 cm³/mol. The van der Waals surface area contributed by atoms with Gasteiger partial charge in [-0.3, -0.25) is 4.79 Å². The second-order valence-corrected chi connectivity index (χ2v) is 5.02. The zero-order valence-corrected chi connectivity index (χ0v) is 11.1. The molecule has 1 aliphatic rings. The Hall–Kier alpha value is -1.55. The number of amides is 1. The number of anilines is 1. The van der Waals surface area contributed by atoms with Crippen LogP contribution in [-0.2, 0) is 0 Å². The molecule has 1 heterocycles. The minimum Gasteiger partial charge on any atom is -0.399 e. The summed E-state index contributed by atoms with van der Waals surface area (Å²) in [5.74, 6) is 0.107. The Kier molecular flexibility index (Phi) is 3.87. The van der Waals surface area contributed by atoms with Gasteiger partial charge in [-0.2, -0.15) is 0 Å². The average Bonchev–Trinajstić information content (AvgIpc) is 2.56. The number of likely N-dealkylation sites (N-methyl/N-ethyl adjacent to an activating group) is 1. The smallest absolute Gasteiger partial charge is 0.254 e. The van der Waals surface area contributed by atoms with Crippen LogP contribution < -0.4 is 5.73 Å². The van der Waals surface area contributed by atoms with Crippen molar-refractivity contribution in [1.29, 1.82) is 0 Å². The van der Waals surface area contributed by atoms with E-state index in [9.17, 15) is 4.79 Å². The van der Waals surface area contributed by atoms with Crippen molar-refractivity contribution in [3.05, 3.63) is 29.3 Å². The van der Waals surface area contributed by atoms with Gasteiger partial charge in [-0.1, -0.05) is 6.07 Å². The molecule has 4 nitrogen and oxygen atoms in total. The van der Waals surface area contributed by atoms with Crippen molar-refractivity contribution in [1.82, 2.24) is 9.80 Å². The van der Waals surface area contributed by atoms with E-state index in [0.717, 1.165) is 43.7 Å². The number of carbonyl (C=O) groups is 1. The van der Waals surface area contributed by atoms with Crippen LogP contribution in [-0.4, -0.2) is 48.9 Å². The van der Waals surface area contributed by atoms with Crippen LogP contribution in [0.2, 0.25) is 0 Å². The first-order valence-electron chi connectivity index (χ1n) is 6.42. The van der Waals surface area contributed by atoms with E-state index in [2.05, 4.69) is 11.9 Å². The third-order valence-electron chi connectivity index (χ3n) is 3.50. The first-order valence-corrected chi connectivity index (χ1v) is 6.42. The summed E-state index contributed by atoms with van der Waals surface area (Å²) in [6.45, 7) is 5.57. The monoisotopic (exact) mass is 247 g/mol.